The Morgan fingerprint density at radius 3 is 2.52 bits per heavy atom. The number of benzene rings is 2. The minimum Gasteiger partial charge on any atom is -0.479 e. The van der Waals surface area contributed by atoms with E-state index < -0.39 is 12.6 Å². The molecule has 0 aliphatic heterocycles. The van der Waals surface area contributed by atoms with Crippen molar-refractivity contribution in [3.05, 3.63) is 57.1 Å². The quantitative estimate of drug-likeness (QED) is 0.785. The van der Waals surface area contributed by atoms with Gasteiger partial charge in [-0.25, -0.2) is 4.79 Å². The number of aliphatic carboxylic acids is 1. The molecule has 4 nitrogen and oxygen atoms in total. The Labute approximate surface area is 144 Å². The summed E-state index contributed by atoms with van der Waals surface area (Å²) < 4.78 is 5.07. The molecule has 120 valence electrons. The van der Waals surface area contributed by atoms with Gasteiger partial charge >= 0.3 is 5.97 Å². The van der Waals surface area contributed by atoms with E-state index in [1.165, 1.54) is 0 Å². The number of hydrogen-bond acceptors (Lipinski definition) is 3. The van der Waals surface area contributed by atoms with Gasteiger partial charge in [0, 0.05) is 6.21 Å². The Kier molecular flexibility index (Phi) is 5.64. The number of hydrogen-bond donors (Lipinski definition) is 1. The molecule has 0 fully saturated rings. The number of rotatable bonds is 5. The first-order valence-electron chi connectivity index (χ1n) is 6.82. The zero-order chi connectivity index (χ0) is 17.0. The molecule has 0 spiro atoms. The molecule has 1 N–H and O–H groups in total. The standard InChI is InChI=1S/C17H15Cl2NO3/c1-10-4-3-5-15(11(10)2)20-8-12-6-13(18)17(14(19)7-12)23-9-16(21)22/h3-8H,9H2,1-2H3,(H,21,22). The fourth-order valence-corrected chi connectivity index (χ4v) is 2.56. The van der Waals surface area contributed by atoms with Gasteiger partial charge in [0.15, 0.2) is 12.4 Å². The average molecular weight is 352 g/mol. The van der Waals surface area contributed by atoms with Gasteiger partial charge in [-0.05, 0) is 48.7 Å². The Hall–Kier alpha value is -2.04. The molecule has 0 aliphatic rings. The molecule has 0 bridgehead atoms. The highest BCUT2D eigenvalue weighted by Crippen LogP contribution is 2.34. The normalized spacial score (nSPS) is 11.0. The first-order valence-corrected chi connectivity index (χ1v) is 7.58. The molecule has 0 atom stereocenters. The zero-order valence-corrected chi connectivity index (χ0v) is 14.1. The van der Waals surface area contributed by atoms with Crippen molar-refractivity contribution >= 4 is 41.1 Å². The minimum absolute atomic E-state index is 0.152. The van der Waals surface area contributed by atoms with E-state index in [0.29, 0.717) is 5.56 Å². The number of carboxylic acid groups (broad SMARTS) is 1. The lowest BCUT2D eigenvalue weighted by Gasteiger charge is -2.09. The summed E-state index contributed by atoms with van der Waals surface area (Å²) in [5.74, 6) is -0.947. The molecule has 2 rings (SSSR count). The van der Waals surface area contributed by atoms with Crippen molar-refractivity contribution in [3.8, 4) is 5.75 Å². The minimum atomic E-state index is -1.10. The van der Waals surface area contributed by atoms with Crippen LogP contribution in [0.1, 0.15) is 16.7 Å². The number of aliphatic imine (C=N–C) groups is 1. The van der Waals surface area contributed by atoms with Gasteiger partial charge in [0.2, 0.25) is 0 Å². The Bertz CT molecular complexity index is 749. The van der Waals surface area contributed by atoms with Crippen LogP contribution in [0.2, 0.25) is 10.0 Å². The molecule has 0 radical (unpaired) electrons. The molecule has 0 saturated heterocycles. The van der Waals surface area contributed by atoms with Gasteiger partial charge in [0.05, 0.1) is 15.7 Å². The maximum Gasteiger partial charge on any atom is 0.341 e. The molecule has 0 aromatic heterocycles. The third-order valence-electron chi connectivity index (χ3n) is 3.29. The highest BCUT2D eigenvalue weighted by atomic mass is 35.5. The summed E-state index contributed by atoms with van der Waals surface area (Å²) in [6.07, 6.45) is 1.65. The van der Waals surface area contributed by atoms with Gasteiger partial charge in [-0.1, -0.05) is 35.3 Å². The SMILES string of the molecule is Cc1cccc(N=Cc2cc(Cl)c(OCC(=O)O)c(Cl)c2)c1C. The van der Waals surface area contributed by atoms with Crippen molar-refractivity contribution in [2.45, 2.75) is 13.8 Å². The van der Waals surface area contributed by atoms with Crippen molar-refractivity contribution in [1.29, 1.82) is 0 Å². The summed E-state index contributed by atoms with van der Waals surface area (Å²) in [5.41, 5.74) is 3.82. The highest BCUT2D eigenvalue weighted by Gasteiger charge is 2.11. The molecule has 0 amide bonds. The maximum absolute atomic E-state index is 10.5. The van der Waals surface area contributed by atoms with Crippen molar-refractivity contribution in [2.75, 3.05) is 6.61 Å². The second-order valence-electron chi connectivity index (χ2n) is 4.97. The largest absolute Gasteiger partial charge is 0.479 e. The van der Waals surface area contributed by atoms with Crippen LogP contribution >= 0.6 is 23.2 Å². The second kappa shape index (κ2) is 7.49. The molecule has 0 heterocycles. The third kappa shape index (κ3) is 4.47. The van der Waals surface area contributed by atoms with Gasteiger partial charge in [-0.2, -0.15) is 0 Å². The summed E-state index contributed by atoms with van der Waals surface area (Å²) in [6, 6.07) is 9.14. The smallest absolute Gasteiger partial charge is 0.341 e. The molecule has 0 aliphatic carbocycles. The summed E-state index contributed by atoms with van der Waals surface area (Å²) >= 11 is 12.2. The predicted molar refractivity (Wildman–Crippen MR) is 92.8 cm³/mol. The van der Waals surface area contributed by atoms with Crippen molar-refractivity contribution in [2.24, 2.45) is 4.99 Å². The van der Waals surface area contributed by atoms with Crippen LogP contribution in [0.25, 0.3) is 0 Å². The monoisotopic (exact) mass is 351 g/mol. The first kappa shape index (κ1) is 17.3. The van der Waals surface area contributed by atoms with Crippen molar-refractivity contribution in [3.63, 3.8) is 0 Å². The van der Waals surface area contributed by atoms with E-state index in [-0.39, 0.29) is 15.8 Å². The molecule has 0 saturated carbocycles. The fourth-order valence-electron chi connectivity index (χ4n) is 1.95. The van der Waals surface area contributed by atoms with Gasteiger partial charge in [0.1, 0.15) is 0 Å². The van der Waals surface area contributed by atoms with E-state index >= 15 is 0 Å². The van der Waals surface area contributed by atoms with Crippen LogP contribution in [0.4, 0.5) is 5.69 Å². The molecular formula is C17H15Cl2NO3. The summed E-state index contributed by atoms with van der Waals surface area (Å²) in [7, 11) is 0. The van der Waals surface area contributed by atoms with Crippen molar-refractivity contribution < 1.29 is 14.6 Å². The zero-order valence-electron chi connectivity index (χ0n) is 12.6. The molecule has 2 aromatic carbocycles. The van der Waals surface area contributed by atoms with Crippen LogP contribution in [0.5, 0.6) is 5.75 Å². The predicted octanol–water partition coefficient (Wildman–Crippen LogP) is 4.82. The van der Waals surface area contributed by atoms with Gasteiger partial charge < -0.3 is 9.84 Å². The first-order chi connectivity index (χ1) is 10.9. The Balaban J connectivity index is 2.26. The summed E-state index contributed by atoms with van der Waals surface area (Å²) in [5, 5.41) is 9.11. The maximum atomic E-state index is 10.5. The molecule has 23 heavy (non-hydrogen) atoms. The number of nitrogens with zero attached hydrogens (tertiary/aromatic N) is 1. The lowest BCUT2D eigenvalue weighted by molar-refractivity contribution is -0.139. The highest BCUT2D eigenvalue weighted by molar-refractivity contribution is 6.37. The van der Waals surface area contributed by atoms with Crippen LogP contribution in [0.3, 0.4) is 0 Å². The Morgan fingerprint density at radius 2 is 1.91 bits per heavy atom. The summed E-state index contributed by atoms with van der Waals surface area (Å²) in [6.45, 7) is 3.52. The average Bonchev–Trinajstić information content (AvgIpc) is 2.47. The molecule has 0 unspecified atom stereocenters. The van der Waals surface area contributed by atoms with E-state index in [9.17, 15) is 4.79 Å². The molecule has 2 aromatic rings. The number of carboxylic acids is 1. The van der Waals surface area contributed by atoms with E-state index in [1.54, 1.807) is 18.3 Å². The van der Waals surface area contributed by atoms with Crippen LogP contribution in [-0.4, -0.2) is 23.9 Å². The van der Waals surface area contributed by atoms with E-state index in [2.05, 4.69) is 4.99 Å². The van der Waals surface area contributed by atoms with E-state index in [0.717, 1.165) is 16.8 Å². The van der Waals surface area contributed by atoms with Crippen molar-refractivity contribution in [1.82, 2.24) is 0 Å². The topological polar surface area (TPSA) is 58.9 Å². The van der Waals surface area contributed by atoms with Crippen LogP contribution in [0.15, 0.2) is 35.3 Å². The number of aryl methyl sites for hydroxylation is 1. The van der Waals surface area contributed by atoms with E-state index in [4.69, 9.17) is 33.0 Å². The summed E-state index contributed by atoms with van der Waals surface area (Å²) in [4.78, 5) is 15.0. The van der Waals surface area contributed by atoms with Crippen LogP contribution in [-0.2, 0) is 4.79 Å². The van der Waals surface area contributed by atoms with Crippen LogP contribution < -0.4 is 4.74 Å². The van der Waals surface area contributed by atoms with E-state index in [1.807, 2.05) is 32.0 Å². The Morgan fingerprint density at radius 1 is 1.26 bits per heavy atom. The molecule has 6 heteroatoms. The number of carbonyl (C=O) groups is 1. The number of halogens is 2. The third-order valence-corrected chi connectivity index (χ3v) is 3.85. The fraction of sp³-hybridized carbons (Fsp3) is 0.176. The lowest BCUT2D eigenvalue weighted by atomic mass is 10.1. The lowest BCUT2D eigenvalue weighted by Crippen LogP contribution is -2.10. The second-order valence-corrected chi connectivity index (χ2v) is 5.79. The van der Waals surface area contributed by atoms with Gasteiger partial charge in [0.25, 0.3) is 0 Å². The molecular weight excluding hydrogens is 337 g/mol. The van der Waals surface area contributed by atoms with Gasteiger partial charge in [-0.3, -0.25) is 4.99 Å². The van der Waals surface area contributed by atoms with Crippen LogP contribution in [0, 0.1) is 13.8 Å². The van der Waals surface area contributed by atoms with Gasteiger partial charge in [-0.15, -0.1) is 0 Å². The number of ether oxygens (including phenoxy) is 1.